The monoisotopic (exact) mass is 297 g/mol. The van der Waals surface area contributed by atoms with Crippen molar-refractivity contribution in [1.29, 1.82) is 0 Å². The van der Waals surface area contributed by atoms with Crippen LogP contribution in [0.15, 0.2) is 12.1 Å². The average molecular weight is 298 g/mol. The average Bonchev–Trinajstić information content (AvgIpc) is 2.28. The summed E-state index contributed by atoms with van der Waals surface area (Å²) in [6, 6.07) is 3.82. The minimum absolute atomic E-state index is 0.000914. The smallest absolute Gasteiger partial charge is 0.307 e. The highest BCUT2D eigenvalue weighted by Gasteiger charge is 2.42. The van der Waals surface area contributed by atoms with Gasteiger partial charge in [-0.05, 0) is 36.1 Å². The fraction of sp³-hybridized carbons (Fsp3) is 0.533. The Hall–Kier alpha value is -1.26. The molecule has 1 fully saturated rings. The highest BCUT2D eigenvalue weighted by molar-refractivity contribution is 6.31. The second kappa shape index (κ2) is 5.62. The van der Waals surface area contributed by atoms with Gasteiger partial charge in [0.05, 0.1) is 6.42 Å². The number of nitrogens with one attached hydrogen (secondary N) is 1. The van der Waals surface area contributed by atoms with Crippen LogP contribution in [-0.4, -0.2) is 29.8 Å². The SMILES string of the molecule is Cc1cc(Cl)c(C(C)C)cc1OC1(CC(=O)O)CNC1. The molecule has 0 radical (unpaired) electrons. The van der Waals surface area contributed by atoms with Gasteiger partial charge in [0.2, 0.25) is 0 Å². The van der Waals surface area contributed by atoms with Gasteiger partial charge in [-0.25, -0.2) is 0 Å². The Bertz CT molecular complexity index is 524. The minimum Gasteiger partial charge on any atom is -0.484 e. The van der Waals surface area contributed by atoms with Crippen LogP contribution in [0.1, 0.15) is 37.3 Å². The van der Waals surface area contributed by atoms with Crippen molar-refractivity contribution in [3.8, 4) is 5.75 Å². The predicted octanol–water partition coefficient (Wildman–Crippen LogP) is 2.97. The van der Waals surface area contributed by atoms with E-state index in [9.17, 15) is 4.79 Å². The molecule has 1 saturated heterocycles. The van der Waals surface area contributed by atoms with E-state index in [1.54, 1.807) is 0 Å². The standard InChI is InChI=1S/C15H20ClNO3/c1-9(2)11-5-13(10(3)4-12(11)16)20-15(6-14(18)19)7-17-8-15/h4-5,9,17H,6-8H2,1-3H3,(H,18,19). The zero-order valence-electron chi connectivity index (χ0n) is 12.0. The second-order valence-corrected chi connectivity index (χ2v) is 6.16. The molecule has 0 aromatic heterocycles. The molecule has 2 N–H and O–H groups in total. The lowest BCUT2D eigenvalue weighted by molar-refractivity contribution is -0.143. The fourth-order valence-electron chi connectivity index (χ4n) is 2.37. The van der Waals surface area contributed by atoms with Gasteiger partial charge < -0.3 is 15.2 Å². The Labute approximate surface area is 124 Å². The number of carboxylic acid groups (broad SMARTS) is 1. The van der Waals surface area contributed by atoms with Gasteiger partial charge in [0.15, 0.2) is 0 Å². The van der Waals surface area contributed by atoms with Gasteiger partial charge in [-0.1, -0.05) is 25.4 Å². The first-order valence-corrected chi connectivity index (χ1v) is 7.12. The lowest BCUT2D eigenvalue weighted by Crippen LogP contribution is -2.64. The van der Waals surface area contributed by atoms with Gasteiger partial charge >= 0.3 is 5.97 Å². The third-order valence-corrected chi connectivity index (χ3v) is 3.94. The van der Waals surface area contributed by atoms with Gasteiger partial charge in [-0.15, -0.1) is 0 Å². The summed E-state index contributed by atoms with van der Waals surface area (Å²) in [6.45, 7) is 7.17. The van der Waals surface area contributed by atoms with Crippen molar-refractivity contribution in [3.63, 3.8) is 0 Å². The first-order chi connectivity index (χ1) is 9.33. The molecule has 0 bridgehead atoms. The summed E-state index contributed by atoms with van der Waals surface area (Å²) in [5.41, 5.74) is 1.31. The van der Waals surface area contributed by atoms with Crippen LogP contribution in [0.2, 0.25) is 5.02 Å². The number of hydrogen-bond donors (Lipinski definition) is 2. The van der Waals surface area contributed by atoms with E-state index in [1.165, 1.54) is 0 Å². The number of carbonyl (C=O) groups is 1. The zero-order chi connectivity index (χ0) is 14.9. The van der Waals surface area contributed by atoms with Crippen molar-refractivity contribution in [2.45, 2.75) is 38.7 Å². The molecule has 110 valence electrons. The van der Waals surface area contributed by atoms with Crippen LogP contribution in [-0.2, 0) is 4.79 Å². The van der Waals surface area contributed by atoms with Crippen LogP contribution in [0, 0.1) is 6.92 Å². The molecule has 1 aromatic carbocycles. The van der Waals surface area contributed by atoms with E-state index < -0.39 is 11.6 Å². The minimum atomic E-state index is -0.845. The largest absolute Gasteiger partial charge is 0.484 e. The van der Waals surface area contributed by atoms with Crippen molar-refractivity contribution in [1.82, 2.24) is 5.32 Å². The van der Waals surface area contributed by atoms with Crippen molar-refractivity contribution >= 4 is 17.6 Å². The highest BCUT2D eigenvalue weighted by atomic mass is 35.5. The first-order valence-electron chi connectivity index (χ1n) is 6.74. The molecule has 0 atom stereocenters. The van der Waals surface area contributed by atoms with E-state index in [0.29, 0.717) is 19.0 Å². The number of aryl methyl sites for hydroxylation is 1. The summed E-state index contributed by atoms with van der Waals surface area (Å²) in [5, 5.41) is 12.8. The molecular weight excluding hydrogens is 278 g/mol. The fourth-order valence-corrected chi connectivity index (χ4v) is 2.80. The van der Waals surface area contributed by atoms with Crippen LogP contribution >= 0.6 is 11.6 Å². The van der Waals surface area contributed by atoms with E-state index in [4.69, 9.17) is 21.4 Å². The third kappa shape index (κ3) is 3.07. The summed E-state index contributed by atoms with van der Waals surface area (Å²) in [5.74, 6) is 0.170. The van der Waals surface area contributed by atoms with E-state index in [-0.39, 0.29) is 6.42 Å². The lowest BCUT2D eigenvalue weighted by Gasteiger charge is -2.42. The number of rotatable bonds is 5. The third-order valence-electron chi connectivity index (χ3n) is 3.61. The van der Waals surface area contributed by atoms with E-state index in [1.807, 2.05) is 19.1 Å². The topological polar surface area (TPSA) is 58.6 Å². The van der Waals surface area contributed by atoms with Gasteiger partial charge in [0.25, 0.3) is 0 Å². The number of ether oxygens (including phenoxy) is 1. The van der Waals surface area contributed by atoms with Crippen LogP contribution in [0.3, 0.4) is 0 Å². The molecule has 1 aliphatic heterocycles. The van der Waals surface area contributed by atoms with Crippen LogP contribution in [0.25, 0.3) is 0 Å². The zero-order valence-corrected chi connectivity index (χ0v) is 12.8. The maximum absolute atomic E-state index is 11.0. The van der Waals surface area contributed by atoms with Crippen LogP contribution < -0.4 is 10.1 Å². The molecule has 0 aliphatic carbocycles. The second-order valence-electron chi connectivity index (χ2n) is 5.75. The number of carboxylic acids is 1. The molecule has 1 heterocycles. The molecule has 2 rings (SSSR count). The number of hydrogen-bond acceptors (Lipinski definition) is 3. The first kappa shape index (κ1) is 15.1. The molecule has 5 heteroatoms. The summed E-state index contributed by atoms with van der Waals surface area (Å²) >= 11 is 6.24. The molecular formula is C15H20ClNO3. The maximum atomic E-state index is 11.0. The van der Waals surface area contributed by atoms with Crippen LogP contribution in [0.4, 0.5) is 0 Å². The molecule has 0 amide bonds. The van der Waals surface area contributed by atoms with E-state index in [0.717, 1.165) is 21.9 Å². The maximum Gasteiger partial charge on any atom is 0.307 e. The molecule has 0 spiro atoms. The van der Waals surface area contributed by atoms with Gasteiger partial charge in [-0.3, -0.25) is 4.79 Å². The van der Waals surface area contributed by atoms with Gasteiger partial charge in [0, 0.05) is 18.1 Å². The number of aliphatic carboxylic acids is 1. The molecule has 20 heavy (non-hydrogen) atoms. The van der Waals surface area contributed by atoms with Gasteiger partial charge in [-0.2, -0.15) is 0 Å². The Morgan fingerprint density at radius 1 is 1.50 bits per heavy atom. The molecule has 0 saturated carbocycles. The Morgan fingerprint density at radius 2 is 2.15 bits per heavy atom. The molecule has 0 unspecified atom stereocenters. The Morgan fingerprint density at radius 3 is 2.60 bits per heavy atom. The van der Waals surface area contributed by atoms with Crippen molar-refractivity contribution in [2.75, 3.05) is 13.1 Å². The van der Waals surface area contributed by atoms with E-state index in [2.05, 4.69) is 19.2 Å². The predicted molar refractivity (Wildman–Crippen MR) is 78.8 cm³/mol. The van der Waals surface area contributed by atoms with Crippen molar-refractivity contribution in [2.24, 2.45) is 0 Å². The highest BCUT2D eigenvalue weighted by Crippen LogP contribution is 2.34. The Kier molecular flexibility index (Phi) is 4.25. The van der Waals surface area contributed by atoms with Crippen molar-refractivity contribution in [3.05, 3.63) is 28.3 Å². The summed E-state index contributed by atoms with van der Waals surface area (Å²) in [7, 11) is 0. The van der Waals surface area contributed by atoms with Crippen molar-refractivity contribution < 1.29 is 14.6 Å². The van der Waals surface area contributed by atoms with Crippen LogP contribution in [0.5, 0.6) is 5.75 Å². The summed E-state index contributed by atoms with van der Waals surface area (Å²) in [4.78, 5) is 11.0. The molecule has 1 aliphatic rings. The number of halogens is 1. The van der Waals surface area contributed by atoms with E-state index >= 15 is 0 Å². The van der Waals surface area contributed by atoms with Gasteiger partial charge in [0.1, 0.15) is 11.4 Å². The number of benzene rings is 1. The summed E-state index contributed by atoms with van der Waals surface area (Å²) < 4.78 is 6.02. The normalized spacial score (nSPS) is 16.9. The molecule has 4 nitrogen and oxygen atoms in total. The summed E-state index contributed by atoms with van der Waals surface area (Å²) in [6.07, 6.45) is -0.000914. The molecule has 1 aromatic rings. The Balaban J connectivity index is 2.28. The quantitative estimate of drug-likeness (QED) is 0.877. The lowest BCUT2D eigenvalue weighted by atomic mass is 9.92.